The van der Waals surface area contributed by atoms with Gasteiger partial charge in [-0.25, -0.2) is 9.67 Å². The molecule has 0 fully saturated rings. The number of nitrogens with zero attached hydrogens (tertiary/aromatic N) is 3. The second-order valence-corrected chi connectivity index (χ2v) is 4.46. The molecule has 0 aliphatic rings. The molecule has 2 aromatic rings. The summed E-state index contributed by atoms with van der Waals surface area (Å²) in [5.74, 6) is 2.89. The summed E-state index contributed by atoms with van der Waals surface area (Å²) in [5, 5.41) is 7.60. The standard InChI is InChI=1S/C13H20N4O/c1-5-17-13(15-8-16-17)7-14-10(3)12-6-9(2)18-11(12)4/h6,8,10,14H,5,7H2,1-4H3. The van der Waals surface area contributed by atoms with Gasteiger partial charge in [-0.05, 0) is 33.8 Å². The van der Waals surface area contributed by atoms with Crippen molar-refractivity contribution >= 4 is 0 Å². The van der Waals surface area contributed by atoms with Crippen LogP contribution >= 0.6 is 0 Å². The van der Waals surface area contributed by atoms with Crippen molar-refractivity contribution in [3.63, 3.8) is 0 Å². The third kappa shape index (κ3) is 2.61. The molecule has 0 radical (unpaired) electrons. The number of hydrogen-bond donors (Lipinski definition) is 1. The molecule has 1 atom stereocenters. The number of nitrogens with one attached hydrogen (secondary N) is 1. The summed E-state index contributed by atoms with van der Waals surface area (Å²) in [7, 11) is 0. The predicted octanol–water partition coefficient (Wildman–Crippen LogP) is 2.36. The molecule has 0 bridgehead atoms. The van der Waals surface area contributed by atoms with Crippen LogP contribution in [0.25, 0.3) is 0 Å². The molecule has 0 spiro atoms. The lowest BCUT2D eigenvalue weighted by molar-refractivity contribution is 0.483. The van der Waals surface area contributed by atoms with Gasteiger partial charge in [0.05, 0.1) is 6.54 Å². The summed E-state index contributed by atoms with van der Waals surface area (Å²) >= 11 is 0. The maximum Gasteiger partial charge on any atom is 0.140 e. The molecule has 1 unspecified atom stereocenters. The second-order valence-electron chi connectivity index (χ2n) is 4.46. The van der Waals surface area contributed by atoms with E-state index in [0.717, 1.165) is 23.9 Å². The van der Waals surface area contributed by atoms with Gasteiger partial charge in [0.1, 0.15) is 23.7 Å². The minimum absolute atomic E-state index is 0.240. The normalized spacial score (nSPS) is 12.9. The zero-order valence-corrected chi connectivity index (χ0v) is 11.4. The van der Waals surface area contributed by atoms with Crippen LogP contribution < -0.4 is 5.32 Å². The molecule has 18 heavy (non-hydrogen) atoms. The molecule has 5 nitrogen and oxygen atoms in total. The highest BCUT2D eigenvalue weighted by molar-refractivity contribution is 5.23. The summed E-state index contributed by atoms with van der Waals surface area (Å²) < 4.78 is 7.44. The van der Waals surface area contributed by atoms with E-state index in [4.69, 9.17) is 4.42 Å². The fourth-order valence-corrected chi connectivity index (χ4v) is 2.12. The first-order valence-corrected chi connectivity index (χ1v) is 6.28. The van der Waals surface area contributed by atoms with Crippen LogP contribution in [0, 0.1) is 13.8 Å². The maximum absolute atomic E-state index is 5.54. The van der Waals surface area contributed by atoms with Crippen LogP contribution in [0.1, 0.15) is 42.8 Å². The average Bonchev–Trinajstić information content (AvgIpc) is 2.92. The first-order valence-electron chi connectivity index (χ1n) is 6.28. The third-order valence-corrected chi connectivity index (χ3v) is 3.11. The lowest BCUT2D eigenvalue weighted by Crippen LogP contribution is -2.21. The SMILES string of the molecule is CCn1ncnc1CNC(C)c1cc(C)oc1C. The van der Waals surface area contributed by atoms with Gasteiger partial charge in [0, 0.05) is 18.2 Å². The van der Waals surface area contributed by atoms with E-state index in [9.17, 15) is 0 Å². The van der Waals surface area contributed by atoms with E-state index in [-0.39, 0.29) is 6.04 Å². The van der Waals surface area contributed by atoms with Crippen molar-refractivity contribution in [1.29, 1.82) is 0 Å². The lowest BCUT2D eigenvalue weighted by atomic mass is 10.1. The van der Waals surface area contributed by atoms with E-state index in [0.29, 0.717) is 6.54 Å². The molecule has 5 heteroatoms. The molecule has 1 N–H and O–H groups in total. The van der Waals surface area contributed by atoms with Gasteiger partial charge >= 0.3 is 0 Å². The average molecular weight is 248 g/mol. The monoisotopic (exact) mass is 248 g/mol. The number of aryl methyl sites for hydroxylation is 3. The van der Waals surface area contributed by atoms with E-state index in [1.807, 2.05) is 18.5 Å². The molecule has 0 aromatic carbocycles. The third-order valence-electron chi connectivity index (χ3n) is 3.11. The molecule has 2 aromatic heterocycles. The van der Waals surface area contributed by atoms with Gasteiger partial charge in [0.2, 0.25) is 0 Å². The van der Waals surface area contributed by atoms with Crippen LogP contribution in [0.3, 0.4) is 0 Å². The number of aromatic nitrogens is 3. The quantitative estimate of drug-likeness (QED) is 0.882. The topological polar surface area (TPSA) is 55.9 Å². The van der Waals surface area contributed by atoms with Crippen LogP contribution in [0.2, 0.25) is 0 Å². The minimum Gasteiger partial charge on any atom is -0.466 e. The van der Waals surface area contributed by atoms with E-state index in [1.165, 1.54) is 5.56 Å². The number of furan rings is 1. The second kappa shape index (κ2) is 5.35. The zero-order valence-electron chi connectivity index (χ0n) is 11.4. The van der Waals surface area contributed by atoms with Crippen LogP contribution in [-0.2, 0) is 13.1 Å². The highest BCUT2D eigenvalue weighted by atomic mass is 16.3. The highest BCUT2D eigenvalue weighted by Gasteiger charge is 2.13. The van der Waals surface area contributed by atoms with Crippen molar-refractivity contribution in [3.05, 3.63) is 35.3 Å². The molecule has 2 heterocycles. The Morgan fingerprint density at radius 3 is 2.83 bits per heavy atom. The van der Waals surface area contributed by atoms with Crippen molar-refractivity contribution in [2.45, 2.75) is 46.8 Å². The Hall–Kier alpha value is -1.62. The minimum atomic E-state index is 0.240. The predicted molar refractivity (Wildman–Crippen MR) is 69.1 cm³/mol. The summed E-state index contributed by atoms with van der Waals surface area (Å²) in [5.41, 5.74) is 1.20. The molecule has 0 aliphatic carbocycles. The summed E-state index contributed by atoms with van der Waals surface area (Å²) in [6, 6.07) is 2.32. The lowest BCUT2D eigenvalue weighted by Gasteiger charge is -2.12. The van der Waals surface area contributed by atoms with Gasteiger partial charge in [-0.1, -0.05) is 0 Å². The highest BCUT2D eigenvalue weighted by Crippen LogP contribution is 2.21. The van der Waals surface area contributed by atoms with Gasteiger partial charge in [-0.15, -0.1) is 0 Å². The Morgan fingerprint density at radius 2 is 2.22 bits per heavy atom. The van der Waals surface area contributed by atoms with Crippen LogP contribution in [0.15, 0.2) is 16.8 Å². The van der Waals surface area contributed by atoms with Crippen LogP contribution in [0.5, 0.6) is 0 Å². The fraction of sp³-hybridized carbons (Fsp3) is 0.538. The molecule has 2 rings (SSSR count). The van der Waals surface area contributed by atoms with Gasteiger partial charge in [-0.2, -0.15) is 5.10 Å². The first-order chi connectivity index (χ1) is 8.61. The molecule has 0 saturated heterocycles. The zero-order chi connectivity index (χ0) is 13.1. The smallest absolute Gasteiger partial charge is 0.140 e. The Kier molecular flexibility index (Phi) is 3.81. The molecular weight excluding hydrogens is 228 g/mol. The van der Waals surface area contributed by atoms with Crippen molar-refractivity contribution in [2.24, 2.45) is 0 Å². The van der Waals surface area contributed by atoms with Crippen molar-refractivity contribution in [2.75, 3.05) is 0 Å². The number of rotatable bonds is 5. The Bertz CT molecular complexity index is 515. The van der Waals surface area contributed by atoms with Crippen molar-refractivity contribution in [1.82, 2.24) is 20.1 Å². The first kappa shape index (κ1) is 12.8. The van der Waals surface area contributed by atoms with Crippen molar-refractivity contribution < 1.29 is 4.42 Å². The summed E-state index contributed by atoms with van der Waals surface area (Å²) in [6.07, 6.45) is 1.60. The number of hydrogen-bond acceptors (Lipinski definition) is 4. The van der Waals surface area contributed by atoms with Crippen LogP contribution in [-0.4, -0.2) is 14.8 Å². The van der Waals surface area contributed by atoms with Gasteiger partial charge in [0.15, 0.2) is 0 Å². The molecule has 0 saturated carbocycles. The van der Waals surface area contributed by atoms with E-state index < -0.39 is 0 Å². The van der Waals surface area contributed by atoms with Crippen molar-refractivity contribution in [3.8, 4) is 0 Å². The molecular formula is C13H20N4O. The van der Waals surface area contributed by atoms with Gasteiger partial charge in [0.25, 0.3) is 0 Å². The molecule has 98 valence electrons. The summed E-state index contributed by atoms with van der Waals surface area (Å²) in [6.45, 7) is 9.70. The van der Waals surface area contributed by atoms with E-state index >= 15 is 0 Å². The fourth-order valence-electron chi connectivity index (χ4n) is 2.12. The van der Waals surface area contributed by atoms with Crippen LogP contribution in [0.4, 0.5) is 0 Å². The van der Waals surface area contributed by atoms with Gasteiger partial charge in [-0.3, -0.25) is 0 Å². The Labute approximate surface area is 107 Å². The Morgan fingerprint density at radius 1 is 1.44 bits per heavy atom. The maximum atomic E-state index is 5.54. The largest absolute Gasteiger partial charge is 0.466 e. The van der Waals surface area contributed by atoms with E-state index in [1.54, 1.807) is 6.33 Å². The molecule has 0 amide bonds. The Balaban J connectivity index is 2.00. The summed E-state index contributed by atoms with van der Waals surface area (Å²) in [4.78, 5) is 4.25. The molecule has 0 aliphatic heterocycles. The van der Waals surface area contributed by atoms with E-state index in [2.05, 4.69) is 35.3 Å². The van der Waals surface area contributed by atoms with Gasteiger partial charge < -0.3 is 9.73 Å².